The molecule has 1 unspecified atom stereocenters. The Bertz CT molecular complexity index is 1130. The van der Waals surface area contributed by atoms with Crippen LogP contribution in [0.15, 0.2) is 24.4 Å². The number of amides is 2. The van der Waals surface area contributed by atoms with Gasteiger partial charge in [0.1, 0.15) is 23.5 Å². The Morgan fingerprint density at radius 2 is 2.15 bits per heavy atom. The van der Waals surface area contributed by atoms with Gasteiger partial charge in [-0.2, -0.15) is 10.4 Å². The number of hydrogen-bond donors (Lipinski definition) is 2. The van der Waals surface area contributed by atoms with Crippen LogP contribution in [0.5, 0.6) is 0 Å². The van der Waals surface area contributed by atoms with Crippen LogP contribution in [0.3, 0.4) is 0 Å². The number of benzene rings is 1. The highest BCUT2D eigenvalue weighted by Crippen LogP contribution is 2.43. The smallest absolute Gasteiger partial charge is 0.411 e. The Hall–Kier alpha value is -3.41. The van der Waals surface area contributed by atoms with E-state index in [1.165, 1.54) is 11.0 Å². The largest absolute Gasteiger partial charge is 0.444 e. The molecule has 1 saturated heterocycles. The van der Waals surface area contributed by atoms with Gasteiger partial charge in [0, 0.05) is 23.7 Å². The van der Waals surface area contributed by atoms with Crippen LogP contribution in [0.1, 0.15) is 51.3 Å². The summed E-state index contributed by atoms with van der Waals surface area (Å²) in [7, 11) is 0. The van der Waals surface area contributed by atoms with E-state index in [0.717, 1.165) is 30.5 Å². The second-order valence-electron chi connectivity index (χ2n) is 10.2. The molecule has 180 valence electrons. The van der Waals surface area contributed by atoms with Gasteiger partial charge in [-0.1, -0.05) is 12.1 Å². The van der Waals surface area contributed by atoms with Crippen molar-refractivity contribution in [1.82, 2.24) is 20.4 Å². The molecule has 2 fully saturated rings. The standard InChI is InChI=1S/C25H30FN5O3/c1-14-20(13-28-30-14)15-5-6-16(21(26)11-15)9-18(12-27)29-23(32)22-17-7-8-19(10-17)31(22)24(33)34-25(2,3)4/h5-6,11,13,17-19,22H,7-10H2,1-4H3,(H,28,30)(H,29,32)/t17-,18?,19+,22-/m0/s1. The maximum Gasteiger partial charge on any atom is 0.411 e. The Morgan fingerprint density at radius 3 is 2.76 bits per heavy atom. The number of carbonyl (C=O) groups excluding carboxylic acids is 2. The number of nitrogens with one attached hydrogen (secondary N) is 2. The SMILES string of the molecule is Cc1[nH]ncc1-c1ccc(CC(C#N)NC(=O)[C@@H]2[C@H]3CC[C@H](C3)N2C(=O)OC(C)(C)C)c(F)c1. The van der Waals surface area contributed by atoms with Gasteiger partial charge in [-0.15, -0.1) is 0 Å². The molecule has 2 bridgehead atoms. The molecule has 2 amide bonds. The average Bonchev–Trinajstić information content (AvgIpc) is 3.49. The van der Waals surface area contributed by atoms with Gasteiger partial charge < -0.3 is 10.1 Å². The fourth-order valence-electron chi connectivity index (χ4n) is 5.03. The molecule has 8 nitrogen and oxygen atoms in total. The van der Waals surface area contributed by atoms with Crippen molar-refractivity contribution in [3.05, 3.63) is 41.5 Å². The van der Waals surface area contributed by atoms with Crippen LogP contribution in [0.2, 0.25) is 0 Å². The number of aromatic nitrogens is 2. The van der Waals surface area contributed by atoms with Crippen LogP contribution in [-0.2, 0) is 16.0 Å². The number of fused-ring (bicyclic) bond motifs is 2. The molecular formula is C25H30FN5O3. The van der Waals surface area contributed by atoms with Crippen molar-refractivity contribution in [2.24, 2.45) is 5.92 Å². The van der Waals surface area contributed by atoms with Crippen molar-refractivity contribution in [3.8, 4) is 17.2 Å². The fraction of sp³-hybridized carbons (Fsp3) is 0.520. The lowest BCUT2D eigenvalue weighted by atomic mass is 9.97. The normalized spacial score (nSPS) is 22.4. The van der Waals surface area contributed by atoms with Crippen LogP contribution >= 0.6 is 0 Å². The number of halogens is 1. The third kappa shape index (κ3) is 4.76. The number of aromatic amines is 1. The zero-order chi connectivity index (χ0) is 24.6. The number of nitriles is 1. The van der Waals surface area contributed by atoms with E-state index < -0.39 is 35.5 Å². The molecule has 0 radical (unpaired) electrons. The topological polar surface area (TPSA) is 111 Å². The van der Waals surface area contributed by atoms with Gasteiger partial charge in [0.05, 0.1) is 12.3 Å². The predicted octanol–water partition coefficient (Wildman–Crippen LogP) is 3.86. The predicted molar refractivity (Wildman–Crippen MR) is 123 cm³/mol. The van der Waals surface area contributed by atoms with Gasteiger partial charge in [0.25, 0.3) is 0 Å². The van der Waals surface area contributed by atoms with Crippen molar-refractivity contribution in [1.29, 1.82) is 5.26 Å². The molecule has 1 aliphatic carbocycles. The number of rotatable bonds is 5. The van der Waals surface area contributed by atoms with Crippen molar-refractivity contribution in [3.63, 3.8) is 0 Å². The van der Waals surface area contributed by atoms with Gasteiger partial charge in [0.2, 0.25) is 5.91 Å². The van der Waals surface area contributed by atoms with Crippen molar-refractivity contribution >= 4 is 12.0 Å². The lowest BCUT2D eigenvalue weighted by Crippen LogP contribution is -2.55. The molecule has 2 N–H and O–H groups in total. The van der Waals surface area contributed by atoms with E-state index in [2.05, 4.69) is 21.6 Å². The molecule has 1 saturated carbocycles. The first-order chi connectivity index (χ1) is 16.1. The number of nitrogens with zero attached hydrogens (tertiary/aromatic N) is 3. The fourth-order valence-corrected chi connectivity index (χ4v) is 5.03. The zero-order valence-electron chi connectivity index (χ0n) is 19.9. The maximum atomic E-state index is 14.8. The van der Waals surface area contributed by atoms with Crippen LogP contribution in [0.4, 0.5) is 9.18 Å². The average molecular weight is 468 g/mol. The van der Waals surface area contributed by atoms with Gasteiger partial charge >= 0.3 is 6.09 Å². The molecule has 2 heterocycles. The van der Waals surface area contributed by atoms with Crippen LogP contribution < -0.4 is 5.32 Å². The van der Waals surface area contributed by atoms with E-state index in [0.29, 0.717) is 11.1 Å². The third-order valence-corrected chi connectivity index (χ3v) is 6.55. The number of ether oxygens (including phenoxy) is 1. The van der Waals surface area contributed by atoms with E-state index >= 15 is 0 Å². The molecule has 4 atom stereocenters. The molecule has 1 aliphatic heterocycles. The highest BCUT2D eigenvalue weighted by Gasteiger charge is 2.52. The van der Waals surface area contributed by atoms with Crippen molar-refractivity contribution in [2.75, 3.05) is 0 Å². The molecule has 2 aromatic rings. The second-order valence-corrected chi connectivity index (χ2v) is 10.2. The molecule has 2 aliphatic rings. The quantitative estimate of drug-likeness (QED) is 0.694. The van der Waals surface area contributed by atoms with Gasteiger partial charge in [-0.3, -0.25) is 14.8 Å². The lowest BCUT2D eigenvalue weighted by molar-refractivity contribution is -0.128. The number of H-pyrrole nitrogens is 1. The first-order valence-electron chi connectivity index (χ1n) is 11.6. The summed E-state index contributed by atoms with van der Waals surface area (Å²) in [5, 5.41) is 19.2. The lowest BCUT2D eigenvalue weighted by Gasteiger charge is -2.35. The monoisotopic (exact) mass is 467 g/mol. The minimum absolute atomic E-state index is 0.0198. The van der Waals surface area contributed by atoms with E-state index in [9.17, 15) is 19.2 Å². The summed E-state index contributed by atoms with van der Waals surface area (Å²) in [4.78, 5) is 27.5. The second kappa shape index (κ2) is 9.09. The van der Waals surface area contributed by atoms with Crippen LogP contribution in [0.25, 0.3) is 11.1 Å². The molecule has 1 aromatic heterocycles. The van der Waals surface area contributed by atoms with Crippen LogP contribution in [0, 0.1) is 30.0 Å². The van der Waals surface area contributed by atoms with E-state index in [1.807, 2.05) is 6.92 Å². The Labute approximate surface area is 198 Å². The minimum Gasteiger partial charge on any atom is -0.444 e. The van der Waals surface area contributed by atoms with Gasteiger partial charge in [-0.25, -0.2) is 9.18 Å². The molecule has 9 heteroatoms. The third-order valence-electron chi connectivity index (χ3n) is 6.55. The number of likely N-dealkylation sites (tertiary alicyclic amines) is 1. The number of piperidine rings is 1. The highest BCUT2D eigenvalue weighted by atomic mass is 19.1. The Balaban J connectivity index is 1.46. The maximum absolute atomic E-state index is 14.8. The summed E-state index contributed by atoms with van der Waals surface area (Å²) in [5.74, 6) is -0.815. The molecular weight excluding hydrogens is 437 g/mol. The summed E-state index contributed by atoms with van der Waals surface area (Å²) in [6.45, 7) is 7.21. The van der Waals surface area contributed by atoms with E-state index in [-0.39, 0.29) is 18.4 Å². The van der Waals surface area contributed by atoms with Gasteiger partial charge in [0.15, 0.2) is 0 Å². The van der Waals surface area contributed by atoms with Gasteiger partial charge in [-0.05, 0) is 70.1 Å². The molecule has 34 heavy (non-hydrogen) atoms. The number of hydrogen-bond acceptors (Lipinski definition) is 5. The van der Waals surface area contributed by atoms with E-state index in [4.69, 9.17) is 4.74 Å². The van der Waals surface area contributed by atoms with E-state index in [1.54, 1.807) is 39.1 Å². The van der Waals surface area contributed by atoms with Crippen molar-refractivity contribution < 1.29 is 18.7 Å². The first kappa shape index (κ1) is 23.7. The van der Waals surface area contributed by atoms with Crippen LogP contribution in [-0.4, -0.2) is 50.8 Å². The summed E-state index contributed by atoms with van der Waals surface area (Å²) >= 11 is 0. The molecule has 4 rings (SSSR count). The summed E-state index contributed by atoms with van der Waals surface area (Å²) in [6.07, 6.45) is 3.58. The Kier molecular flexibility index (Phi) is 6.34. The summed E-state index contributed by atoms with van der Waals surface area (Å²) in [5.41, 5.74) is 1.96. The summed E-state index contributed by atoms with van der Waals surface area (Å²) in [6, 6.07) is 5.22. The molecule has 0 spiro atoms. The minimum atomic E-state index is -0.928. The number of carbonyl (C=O) groups is 2. The molecule has 1 aromatic carbocycles. The zero-order valence-corrected chi connectivity index (χ0v) is 19.9. The van der Waals surface area contributed by atoms with Crippen molar-refractivity contribution in [2.45, 2.75) is 77.1 Å². The number of aryl methyl sites for hydroxylation is 1. The Morgan fingerprint density at radius 1 is 1.38 bits per heavy atom. The highest BCUT2D eigenvalue weighted by molar-refractivity contribution is 5.87. The summed E-state index contributed by atoms with van der Waals surface area (Å²) < 4.78 is 20.4. The first-order valence-corrected chi connectivity index (χ1v) is 11.6.